The Morgan fingerprint density at radius 2 is 1.87 bits per heavy atom. The maximum Gasteiger partial charge on any atom is 0.350 e. The van der Waals surface area contributed by atoms with Crippen LogP contribution in [0.5, 0.6) is 0 Å². The molecule has 1 N–H and O–H groups in total. The highest BCUT2D eigenvalue weighted by molar-refractivity contribution is 7.17. The number of hydrogen-bond acceptors (Lipinski definition) is 8. The molecule has 2 aromatic heterocycles. The Morgan fingerprint density at radius 1 is 1.16 bits per heavy atom. The van der Waals surface area contributed by atoms with E-state index < -0.39 is 29.5 Å². The number of carbonyl (C=O) groups excluding carboxylic acids is 3. The molecule has 0 unspecified atom stereocenters. The Bertz CT molecular complexity index is 1220. The lowest BCUT2D eigenvalue weighted by molar-refractivity contribution is -0.117. The molecule has 1 amide bonds. The zero-order valence-corrected chi connectivity index (χ0v) is 17.7. The highest BCUT2D eigenvalue weighted by Gasteiger charge is 2.46. The van der Waals surface area contributed by atoms with Crippen molar-refractivity contribution in [3.8, 4) is 0 Å². The van der Waals surface area contributed by atoms with Gasteiger partial charge in [-0.3, -0.25) is 14.5 Å². The number of ketones is 1. The number of benzene rings is 1. The quantitative estimate of drug-likeness (QED) is 0.475. The highest BCUT2D eigenvalue weighted by atomic mass is 32.1. The molecule has 0 radical (unpaired) electrons. The molecule has 0 spiro atoms. The first kappa shape index (κ1) is 20.5. The number of methoxy groups -OCH3 is 1. The van der Waals surface area contributed by atoms with Crippen molar-refractivity contribution in [2.75, 3.05) is 12.0 Å². The minimum absolute atomic E-state index is 0.0141. The third-order valence-corrected chi connectivity index (χ3v) is 6.03. The number of aliphatic hydroxyl groups is 1. The van der Waals surface area contributed by atoms with Crippen molar-refractivity contribution in [1.82, 2.24) is 4.98 Å². The fraction of sp³-hybridized carbons (Fsp3) is 0.182. The van der Waals surface area contributed by atoms with Crippen LogP contribution in [-0.2, 0) is 9.53 Å². The van der Waals surface area contributed by atoms with Gasteiger partial charge in [-0.15, -0.1) is 0 Å². The molecule has 1 aliphatic heterocycles. The Morgan fingerprint density at radius 3 is 2.48 bits per heavy atom. The Balaban J connectivity index is 1.86. The summed E-state index contributed by atoms with van der Waals surface area (Å²) in [5.41, 5.74) is 0.865. The van der Waals surface area contributed by atoms with Crippen LogP contribution < -0.4 is 4.90 Å². The summed E-state index contributed by atoms with van der Waals surface area (Å²) < 4.78 is 10.2. The van der Waals surface area contributed by atoms with Crippen LogP contribution in [-0.4, -0.2) is 34.9 Å². The Hall–Kier alpha value is -3.72. The zero-order chi connectivity index (χ0) is 22.3. The van der Waals surface area contributed by atoms with Gasteiger partial charge >= 0.3 is 5.97 Å². The third-order valence-electron chi connectivity index (χ3n) is 4.89. The molecule has 31 heavy (non-hydrogen) atoms. The van der Waals surface area contributed by atoms with E-state index in [0.717, 1.165) is 11.3 Å². The number of anilines is 1. The van der Waals surface area contributed by atoms with Gasteiger partial charge in [0.25, 0.3) is 5.91 Å². The van der Waals surface area contributed by atoms with Gasteiger partial charge in [0.2, 0.25) is 5.78 Å². The van der Waals surface area contributed by atoms with E-state index >= 15 is 0 Å². The molecule has 0 saturated carbocycles. The van der Waals surface area contributed by atoms with Crippen LogP contribution >= 0.6 is 11.3 Å². The zero-order valence-electron chi connectivity index (χ0n) is 16.9. The van der Waals surface area contributed by atoms with Gasteiger partial charge in [0.05, 0.1) is 24.4 Å². The number of nitrogens with zero attached hydrogens (tertiary/aromatic N) is 2. The van der Waals surface area contributed by atoms with Crippen LogP contribution in [0.25, 0.3) is 0 Å². The lowest BCUT2D eigenvalue weighted by Crippen LogP contribution is -2.31. The first-order chi connectivity index (χ1) is 14.8. The second kappa shape index (κ2) is 7.84. The van der Waals surface area contributed by atoms with E-state index in [1.165, 1.54) is 18.1 Å². The molecule has 0 fully saturated rings. The van der Waals surface area contributed by atoms with Crippen molar-refractivity contribution in [3.05, 3.63) is 81.5 Å². The predicted molar refractivity (Wildman–Crippen MR) is 112 cm³/mol. The SMILES string of the molecule is COC(=O)c1sc(N2C(=O)C(O)=C(C(=O)c3ccc(C)o3)[C@@H]2c2ccccc2)nc1C. The van der Waals surface area contributed by atoms with Gasteiger partial charge in [-0.1, -0.05) is 41.7 Å². The van der Waals surface area contributed by atoms with Crippen molar-refractivity contribution >= 4 is 34.1 Å². The molecule has 9 heteroatoms. The van der Waals surface area contributed by atoms with Crippen LogP contribution in [0.1, 0.15) is 43.3 Å². The van der Waals surface area contributed by atoms with Gasteiger partial charge in [0.15, 0.2) is 16.7 Å². The molecule has 0 aliphatic carbocycles. The number of ether oxygens (including phenoxy) is 1. The molecule has 1 atom stereocenters. The summed E-state index contributed by atoms with van der Waals surface area (Å²) in [7, 11) is 1.25. The maximum atomic E-state index is 13.2. The van der Waals surface area contributed by atoms with E-state index in [-0.39, 0.29) is 21.3 Å². The number of aryl methyl sites for hydroxylation is 2. The number of Topliss-reactive ketones (excluding diaryl/α,β-unsaturated/α-hetero) is 1. The fourth-order valence-electron chi connectivity index (χ4n) is 3.44. The number of aromatic nitrogens is 1. The molecule has 158 valence electrons. The number of rotatable bonds is 5. The molecule has 1 aromatic carbocycles. The first-order valence-electron chi connectivity index (χ1n) is 9.32. The van der Waals surface area contributed by atoms with Crippen molar-refractivity contribution in [2.24, 2.45) is 0 Å². The molecule has 3 aromatic rings. The second-order valence-corrected chi connectivity index (χ2v) is 7.87. The summed E-state index contributed by atoms with van der Waals surface area (Å²) in [6.45, 7) is 3.31. The molecule has 0 bridgehead atoms. The van der Waals surface area contributed by atoms with E-state index in [1.54, 1.807) is 50.2 Å². The van der Waals surface area contributed by atoms with Gasteiger partial charge in [-0.25, -0.2) is 9.78 Å². The highest BCUT2D eigenvalue weighted by Crippen LogP contribution is 2.43. The van der Waals surface area contributed by atoms with Gasteiger partial charge in [0, 0.05) is 0 Å². The van der Waals surface area contributed by atoms with Crippen molar-refractivity contribution < 1.29 is 28.6 Å². The average Bonchev–Trinajstić information content (AvgIpc) is 3.44. The van der Waals surface area contributed by atoms with Gasteiger partial charge < -0.3 is 14.3 Å². The minimum Gasteiger partial charge on any atom is -0.503 e. The minimum atomic E-state index is -0.942. The lowest BCUT2D eigenvalue weighted by atomic mass is 9.95. The van der Waals surface area contributed by atoms with Gasteiger partial charge in [0.1, 0.15) is 10.6 Å². The summed E-state index contributed by atoms with van der Waals surface area (Å²) in [6.07, 6.45) is 0. The lowest BCUT2D eigenvalue weighted by Gasteiger charge is -2.24. The number of amides is 1. The molecule has 3 heterocycles. The van der Waals surface area contributed by atoms with E-state index in [1.807, 2.05) is 0 Å². The van der Waals surface area contributed by atoms with E-state index in [0.29, 0.717) is 17.0 Å². The number of esters is 1. The maximum absolute atomic E-state index is 13.2. The van der Waals surface area contributed by atoms with Crippen LogP contribution in [0.2, 0.25) is 0 Å². The van der Waals surface area contributed by atoms with Crippen LogP contribution in [0.4, 0.5) is 5.13 Å². The normalized spacial score (nSPS) is 16.2. The first-order valence-corrected chi connectivity index (χ1v) is 10.1. The molecule has 8 nitrogen and oxygen atoms in total. The summed E-state index contributed by atoms with van der Waals surface area (Å²) in [5, 5.41) is 10.9. The summed E-state index contributed by atoms with van der Waals surface area (Å²) >= 11 is 0.954. The smallest absolute Gasteiger partial charge is 0.350 e. The largest absolute Gasteiger partial charge is 0.503 e. The summed E-state index contributed by atoms with van der Waals surface area (Å²) in [5.74, 6) is -2.11. The number of hydrogen-bond donors (Lipinski definition) is 1. The summed E-state index contributed by atoms with van der Waals surface area (Å²) in [4.78, 5) is 44.1. The van der Waals surface area contributed by atoms with Gasteiger partial charge in [-0.05, 0) is 31.5 Å². The second-order valence-electron chi connectivity index (χ2n) is 6.89. The van der Waals surface area contributed by atoms with E-state index in [9.17, 15) is 19.5 Å². The van der Waals surface area contributed by atoms with Crippen LogP contribution in [0, 0.1) is 13.8 Å². The van der Waals surface area contributed by atoms with Crippen LogP contribution in [0.15, 0.2) is 58.2 Å². The van der Waals surface area contributed by atoms with Crippen molar-refractivity contribution in [1.29, 1.82) is 0 Å². The third kappa shape index (κ3) is 3.42. The van der Waals surface area contributed by atoms with Crippen LogP contribution in [0.3, 0.4) is 0 Å². The summed E-state index contributed by atoms with van der Waals surface area (Å²) in [6, 6.07) is 11.0. The molecule has 1 aliphatic rings. The van der Waals surface area contributed by atoms with Crippen molar-refractivity contribution in [3.63, 3.8) is 0 Å². The average molecular weight is 438 g/mol. The van der Waals surface area contributed by atoms with Gasteiger partial charge in [-0.2, -0.15) is 0 Å². The molecular formula is C22H18N2O6S. The van der Waals surface area contributed by atoms with E-state index in [4.69, 9.17) is 9.15 Å². The topological polar surface area (TPSA) is 110 Å². The number of thiazole rings is 1. The van der Waals surface area contributed by atoms with E-state index in [2.05, 4.69) is 4.98 Å². The fourth-order valence-corrected chi connectivity index (χ4v) is 4.45. The monoisotopic (exact) mass is 438 g/mol. The molecule has 0 saturated heterocycles. The number of aliphatic hydroxyl groups excluding tert-OH is 1. The van der Waals surface area contributed by atoms with Crippen molar-refractivity contribution in [2.45, 2.75) is 19.9 Å². The number of furan rings is 1. The standard InChI is InChI=1S/C22H18N2O6S/c1-11-9-10-14(30-11)17(25)15-16(13-7-5-4-6-8-13)24(20(27)18(15)26)22-23-12(2)19(31-22)21(28)29-3/h4-10,16,26H,1-3H3/t16-/m0/s1. The molecule has 4 rings (SSSR count). The Kier molecular flexibility index (Phi) is 5.20. The predicted octanol–water partition coefficient (Wildman–Crippen LogP) is 3.92. The molecular weight excluding hydrogens is 420 g/mol. The number of carbonyl (C=O) groups is 3. The Labute approximate surface area is 181 Å².